The minimum Gasteiger partial charge on any atom is -0.379 e. The molecule has 8 nitrogen and oxygen atoms in total. The molecule has 0 radical (unpaired) electrons. The minimum absolute atomic E-state index is 0.107. The van der Waals surface area contributed by atoms with Crippen LogP contribution in [0.15, 0.2) is 78.1 Å². The number of allylic oxidation sites excluding steroid dienone is 1. The summed E-state index contributed by atoms with van der Waals surface area (Å²) in [6.07, 6.45) is 2.70. The molecule has 2 heterocycles. The van der Waals surface area contributed by atoms with Crippen molar-refractivity contribution in [3.05, 3.63) is 89.4 Å². The third kappa shape index (κ3) is 5.97. The third-order valence-electron chi connectivity index (χ3n) is 6.71. The summed E-state index contributed by atoms with van der Waals surface area (Å²) in [7, 11) is 1.82. The van der Waals surface area contributed by atoms with Crippen LogP contribution in [0.4, 0.5) is 0 Å². The molecule has 37 heavy (non-hydrogen) atoms. The Morgan fingerprint density at radius 3 is 2.57 bits per heavy atom. The van der Waals surface area contributed by atoms with Gasteiger partial charge in [-0.1, -0.05) is 48.5 Å². The molecule has 3 aromatic rings. The Hall–Kier alpha value is -4.60. The molecule has 1 fully saturated rings. The lowest BCUT2D eigenvalue weighted by molar-refractivity contribution is 0.0933. The van der Waals surface area contributed by atoms with Crippen molar-refractivity contribution in [1.82, 2.24) is 20.5 Å². The third-order valence-corrected chi connectivity index (χ3v) is 6.71. The Morgan fingerprint density at radius 2 is 1.86 bits per heavy atom. The standard InChI is InChI=1S/C29H28N4O4/c1-33-27-10-6-5-9-22(27)17-28(33)29(37)32-24(15-20-7-3-2-4-8-20)26(19-36)31-23(12-14-34)16-21-11-13-30-25(21)18-35/h2-10,12,17,21,23-24,30-31H,11,13,15-16H2,1H3,(H,32,37)/t21-,23+,24-/m0/s1. The van der Waals surface area contributed by atoms with Crippen molar-refractivity contribution in [2.75, 3.05) is 6.54 Å². The van der Waals surface area contributed by atoms with Crippen molar-refractivity contribution in [3.63, 3.8) is 0 Å². The fraction of sp³-hybridized carbons (Fsp3) is 0.276. The summed E-state index contributed by atoms with van der Waals surface area (Å²) in [6, 6.07) is 17.6. The van der Waals surface area contributed by atoms with E-state index >= 15 is 0 Å². The number of nitrogens with zero attached hydrogens (tertiary/aromatic N) is 1. The van der Waals surface area contributed by atoms with Crippen LogP contribution in [0.25, 0.3) is 10.9 Å². The molecule has 0 saturated carbocycles. The Bertz CT molecular complexity index is 1420. The molecule has 0 aliphatic carbocycles. The van der Waals surface area contributed by atoms with Gasteiger partial charge >= 0.3 is 0 Å². The number of aryl methyl sites for hydroxylation is 1. The fourth-order valence-corrected chi connectivity index (χ4v) is 4.80. The molecule has 3 N–H and O–H groups in total. The van der Waals surface area contributed by atoms with Gasteiger partial charge in [0.2, 0.25) is 0 Å². The predicted octanol–water partition coefficient (Wildman–Crippen LogP) is 2.30. The monoisotopic (exact) mass is 496 g/mol. The van der Waals surface area contributed by atoms with Crippen LogP contribution in [0.5, 0.6) is 0 Å². The Kier molecular flexibility index (Phi) is 8.19. The number of rotatable bonds is 10. The highest BCUT2D eigenvalue weighted by Crippen LogP contribution is 2.23. The molecule has 3 atom stereocenters. The molecular weight excluding hydrogens is 468 g/mol. The predicted molar refractivity (Wildman–Crippen MR) is 141 cm³/mol. The summed E-state index contributed by atoms with van der Waals surface area (Å²) in [6.45, 7) is 0.640. The quantitative estimate of drug-likeness (QED) is 0.372. The normalized spacial score (nSPS) is 16.0. The number of aromatic nitrogens is 1. The zero-order valence-corrected chi connectivity index (χ0v) is 20.5. The number of nitrogens with one attached hydrogen (secondary N) is 3. The van der Waals surface area contributed by atoms with Crippen LogP contribution in [-0.4, -0.2) is 46.9 Å². The van der Waals surface area contributed by atoms with Crippen LogP contribution < -0.4 is 16.0 Å². The summed E-state index contributed by atoms with van der Waals surface area (Å²) < 4.78 is 1.81. The fourth-order valence-electron chi connectivity index (χ4n) is 4.80. The number of hydrogen-bond donors (Lipinski definition) is 3. The molecule has 1 saturated heterocycles. The smallest absolute Gasteiger partial charge is 0.268 e. The highest BCUT2D eigenvalue weighted by molar-refractivity contribution is 5.99. The largest absolute Gasteiger partial charge is 0.379 e. The molecule has 0 unspecified atom stereocenters. The first-order valence-corrected chi connectivity index (χ1v) is 12.1. The summed E-state index contributed by atoms with van der Waals surface area (Å²) in [5.41, 5.74) is 2.83. The second-order valence-electron chi connectivity index (χ2n) is 9.08. The second-order valence-corrected chi connectivity index (χ2v) is 9.08. The van der Waals surface area contributed by atoms with Gasteiger partial charge in [-0.25, -0.2) is 14.4 Å². The van der Waals surface area contributed by atoms with E-state index in [0.717, 1.165) is 16.5 Å². The van der Waals surface area contributed by atoms with Gasteiger partial charge in [-0.05, 0) is 37.0 Å². The maximum Gasteiger partial charge on any atom is 0.268 e. The number of para-hydroxylation sites is 1. The van der Waals surface area contributed by atoms with Gasteiger partial charge in [0.1, 0.15) is 29.2 Å². The first kappa shape index (κ1) is 25.5. The maximum absolute atomic E-state index is 13.4. The van der Waals surface area contributed by atoms with Gasteiger partial charge < -0.3 is 20.5 Å². The molecule has 1 aromatic heterocycles. The summed E-state index contributed by atoms with van der Waals surface area (Å²) in [5.74, 6) is 5.16. The topological polar surface area (TPSA) is 109 Å². The van der Waals surface area contributed by atoms with Gasteiger partial charge in [-0.15, -0.1) is 0 Å². The van der Waals surface area contributed by atoms with Crippen LogP contribution in [0.1, 0.15) is 28.9 Å². The van der Waals surface area contributed by atoms with Gasteiger partial charge in [0.05, 0.1) is 17.8 Å². The zero-order valence-electron chi connectivity index (χ0n) is 20.5. The Balaban J connectivity index is 1.60. The molecule has 8 heteroatoms. The highest BCUT2D eigenvalue weighted by atomic mass is 16.2. The van der Waals surface area contributed by atoms with Crippen molar-refractivity contribution >= 4 is 34.6 Å². The molecule has 188 valence electrons. The minimum atomic E-state index is -0.740. The lowest BCUT2D eigenvalue weighted by atomic mass is 9.95. The number of fused-ring (bicyclic) bond motifs is 1. The zero-order chi connectivity index (χ0) is 26.2. The maximum atomic E-state index is 13.4. The second kappa shape index (κ2) is 11.9. The van der Waals surface area contributed by atoms with Crippen molar-refractivity contribution in [2.45, 2.75) is 31.3 Å². The van der Waals surface area contributed by atoms with Crippen molar-refractivity contribution in [2.24, 2.45) is 13.0 Å². The number of carbonyl (C=O) groups is 1. The molecule has 2 aromatic carbocycles. The molecule has 0 spiro atoms. The first-order chi connectivity index (χ1) is 18.0. The molecule has 1 amide bonds. The van der Waals surface area contributed by atoms with E-state index in [1.165, 1.54) is 6.08 Å². The van der Waals surface area contributed by atoms with Crippen LogP contribution in [-0.2, 0) is 27.9 Å². The average molecular weight is 497 g/mol. The summed E-state index contributed by atoms with van der Waals surface area (Å²) in [5, 5.41) is 9.99. The van der Waals surface area contributed by atoms with Crippen molar-refractivity contribution in [3.8, 4) is 0 Å². The van der Waals surface area contributed by atoms with E-state index < -0.39 is 12.1 Å². The average Bonchev–Trinajstić information content (AvgIpc) is 3.51. The lowest BCUT2D eigenvalue weighted by Gasteiger charge is -2.25. The van der Waals surface area contributed by atoms with E-state index in [4.69, 9.17) is 0 Å². The van der Waals surface area contributed by atoms with E-state index in [1.54, 1.807) is 16.6 Å². The summed E-state index contributed by atoms with van der Waals surface area (Å²) in [4.78, 5) is 48.1. The number of hydrogen-bond acceptors (Lipinski definition) is 6. The van der Waals surface area contributed by atoms with E-state index in [0.29, 0.717) is 37.2 Å². The van der Waals surface area contributed by atoms with Gasteiger partial charge in [-0.2, -0.15) is 0 Å². The van der Waals surface area contributed by atoms with Gasteiger partial charge in [0, 0.05) is 36.5 Å². The first-order valence-electron chi connectivity index (χ1n) is 12.1. The number of amides is 1. The van der Waals surface area contributed by atoms with Crippen LogP contribution >= 0.6 is 0 Å². The summed E-state index contributed by atoms with van der Waals surface area (Å²) >= 11 is 0. The van der Waals surface area contributed by atoms with Crippen LogP contribution in [0.3, 0.4) is 0 Å². The Morgan fingerprint density at radius 1 is 1.11 bits per heavy atom. The SMILES string of the molecule is Cn1c(C(=O)N[C@@H](Cc2ccccc2)C(=C=O)N[C@H](C=C=O)C[C@@H]2CCNC2=C=O)cc2ccccc21. The van der Waals surface area contributed by atoms with Crippen molar-refractivity contribution in [1.29, 1.82) is 0 Å². The van der Waals surface area contributed by atoms with E-state index in [-0.39, 0.29) is 17.5 Å². The molecule has 4 rings (SSSR count). The van der Waals surface area contributed by atoms with Gasteiger partial charge in [0.25, 0.3) is 5.91 Å². The van der Waals surface area contributed by atoms with Crippen molar-refractivity contribution < 1.29 is 19.2 Å². The number of carbonyl (C=O) groups excluding carboxylic acids is 4. The van der Waals surface area contributed by atoms with E-state index in [1.807, 2.05) is 73.5 Å². The Labute approximate surface area is 214 Å². The molecule has 1 aliphatic heterocycles. The van der Waals surface area contributed by atoms with E-state index in [2.05, 4.69) is 16.0 Å². The van der Waals surface area contributed by atoms with Gasteiger partial charge in [-0.3, -0.25) is 4.79 Å². The molecular formula is C29H28N4O4. The number of benzene rings is 2. The van der Waals surface area contributed by atoms with Crippen LogP contribution in [0.2, 0.25) is 0 Å². The molecule has 0 bridgehead atoms. The van der Waals surface area contributed by atoms with Crippen LogP contribution in [0, 0.1) is 5.92 Å². The lowest BCUT2D eigenvalue weighted by Crippen LogP contribution is -2.45. The van der Waals surface area contributed by atoms with Gasteiger partial charge in [0.15, 0.2) is 0 Å². The van der Waals surface area contributed by atoms with E-state index in [9.17, 15) is 19.2 Å². The highest BCUT2D eigenvalue weighted by Gasteiger charge is 2.28. The molecule has 1 aliphatic rings.